The van der Waals surface area contributed by atoms with Crippen molar-refractivity contribution < 1.29 is 13.5 Å². The molecular weight excluding hydrogens is 308 g/mol. The van der Waals surface area contributed by atoms with Crippen molar-refractivity contribution >= 4 is 31.6 Å². The molecular formula is C10H15BrN2O3S. The molecule has 4 N–H and O–H groups in total. The normalized spacial score (nSPS) is 13.6. The Labute approximate surface area is 109 Å². The molecule has 0 heterocycles. The second-order valence-electron chi connectivity index (χ2n) is 3.73. The lowest BCUT2D eigenvalue weighted by molar-refractivity contribution is 0.186. The Morgan fingerprint density at radius 1 is 1.53 bits per heavy atom. The van der Waals surface area contributed by atoms with Gasteiger partial charge in [-0.3, -0.25) is 0 Å². The number of benzene rings is 1. The molecule has 0 aliphatic rings. The fourth-order valence-corrected chi connectivity index (χ4v) is 3.36. The van der Waals surface area contributed by atoms with E-state index in [1.54, 1.807) is 6.92 Å². The van der Waals surface area contributed by atoms with Crippen molar-refractivity contribution in [1.29, 1.82) is 0 Å². The number of rotatable bonds is 5. The van der Waals surface area contributed by atoms with Crippen LogP contribution in [0.15, 0.2) is 27.6 Å². The van der Waals surface area contributed by atoms with Crippen LogP contribution in [0.3, 0.4) is 0 Å². The van der Waals surface area contributed by atoms with Gasteiger partial charge in [0.05, 0.1) is 11.0 Å². The number of hydrogen-bond donors (Lipinski definition) is 3. The number of nitrogens with one attached hydrogen (secondary N) is 1. The lowest BCUT2D eigenvalue weighted by atomic mass is 10.3. The SMILES string of the molecule is CC(O)CCNS(=O)(=O)c1ccc(N)cc1Br. The Balaban J connectivity index is 2.83. The molecule has 5 nitrogen and oxygen atoms in total. The summed E-state index contributed by atoms with van der Waals surface area (Å²) in [5.74, 6) is 0. The van der Waals surface area contributed by atoms with Gasteiger partial charge in [0.25, 0.3) is 0 Å². The number of anilines is 1. The van der Waals surface area contributed by atoms with Gasteiger partial charge in [0.15, 0.2) is 0 Å². The summed E-state index contributed by atoms with van der Waals surface area (Å²) < 4.78 is 26.6. The minimum atomic E-state index is -3.57. The molecule has 0 amide bonds. The molecule has 0 aromatic heterocycles. The molecule has 0 saturated carbocycles. The number of halogens is 1. The number of aliphatic hydroxyl groups is 1. The molecule has 0 aliphatic carbocycles. The largest absolute Gasteiger partial charge is 0.399 e. The first-order chi connectivity index (χ1) is 7.83. The van der Waals surface area contributed by atoms with Gasteiger partial charge in [0.1, 0.15) is 0 Å². The third-order valence-corrected chi connectivity index (χ3v) is 4.54. The average Bonchev–Trinajstić information content (AvgIpc) is 2.15. The van der Waals surface area contributed by atoms with Crippen LogP contribution in [-0.2, 0) is 10.0 Å². The van der Waals surface area contributed by atoms with Crippen molar-refractivity contribution in [3.8, 4) is 0 Å². The predicted molar refractivity (Wildman–Crippen MR) is 70.0 cm³/mol. The van der Waals surface area contributed by atoms with Crippen LogP contribution in [-0.4, -0.2) is 26.2 Å². The zero-order chi connectivity index (χ0) is 13.1. The molecule has 1 unspecified atom stereocenters. The lowest BCUT2D eigenvalue weighted by Gasteiger charge is -2.09. The summed E-state index contributed by atoms with van der Waals surface area (Å²) in [7, 11) is -3.57. The van der Waals surface area contributed by atoms with E-state index in [-0.39, 0.29) is 11.4 Å². The maximum absolute atomic E-state index is 11.9. The van der Waals surface area contributed by atoms with Crippen molar-refractivity contribution in [3.05, 3.63) is 22.7 Å². The maximum atomic E-state index is 11.9. The van der Waals surface area contributed by atoms with E-state index >= 15 is 0 Å². The Kier molecular flexibility index (Phi) is 4.93. The van der Waals surface area contributed by atoms with E-state index < -0.39 is 16.1 Å². The third-order valence-electron chi connectivity index (χ3n) is 2.10. The summed E-state index contributed by atoms with van der Waals surface area (Å²) in [4.78, 5) is 0.136. The second-order valence-corrected chi connectivity index (χ2v) is 6.32. The van der Waals surface area contributed by atoms with E-state index in [4.69, 9.17) is 10.8 Å². The van der Waals surface area contributed by atoms with Crippen molar-refractivity contribution in [2.24, 2.45) is 0 Å². The zero-order valence-corrected chi connectivity index (χ0v) is 11.8. The molecule has 0 fully saturated rings. The predicted octanol–water partition coefficient (Wildman–Crippen LogP) is 1.08. The van der Waals surface area contributed by atoms with Gasteiger partial charge in [-0.1, -0.05) is 0 Å². The zero-order valence-electron chi connectivity index (χ0n) is 9.35. The van der Waals surface area contributed by atoms with E-state index in [0.717, 1.165) is 0 Å². The summed E-state index contributed by atoms with van der Waals surface area (Å²) >= 11 is 3.16. The van der Waals surface area contributed by atoms with Crippen LogP contribution >= 0.6 is 15.9 Å². The first-order valence-corrected chi connectivity index (χ1v) is 7.33. The van der Waals surface area contributed by atoms with Crippen LogP contribution in [0.1, 0.15) is 13.3 Å². The first-order valence-electron chi connectivity index (χ1n) is 5.05. The molecule has 1 rings (SSSR count). The Bertz CT molecular complexity index is 488. The quantitative estimate of drug-likeness (QED) is 0.707. The summed E-state index contributed by atoms with van der Waals surface area (Å²) in [6, 6.07) is 4.49. The summed E-state index contributed by atoms with van der Waals surface area (Å²) in [5, 5.41) is 9.05. The highest BCUT2D eigenvalue weighted by molar-refractivity contribution is 9.10. The van der Waals surface area contributed by atoms with Gasteiger partial charge in [-0.2, -0.15) is 0 Å². The van der Waals surface area contributed by atoms with Crippen LogP contribution in [0.2, 0.25) is 0 Å². The Morgan fingerprint density at radius 3 is 2.71 bits per heavy atom. The van der Waals surface area contributed by atoms with Gasteiger partial charge in [-0.05, 0) is 47.5 Å². The van der Waals surface area contributed by atoms with Gasteiger partial charge in [-0.15, -0.1) is 0 Å². The van der Waals surface area contributed by atoms with Crippen LogP contribution in [0.5, 0.6) is 0 Å². The van der Waals surface area contributed by atoms with E-state index in [9.17, 15) is 8.42 Å². The highest BCUT2D eigenvalue weighted by atomic mass is 79.9. The highest BCUT2D eigenvalue weighted by Crippen LogP contribution is 2.23. The van der Waals surface area contributed by atoms with E-state index in [2.05, 4.69) is 20.7 Å². The lowest BCUT2D eigenvalue weighted by Crippen LogP contribution is -2.27. The molecule has 0 aliphatic heterocycles. The van der Waals surface area contributed by atoms with Crippen LogP contribution in [0.4, 0.5) is 5.69 Å². The van der Waals surface area contributed by atoms with Crippen LogP contribution < -0.4 is 10.5 Å². The van der Waals surface area contributed by atoms with Crippen LogP contribution in [0, 0.1) is 0 Å². The fourth-order valence-electron chi connectivity index (χ4n) is 1.21. The maximum Gasteiger partial charge on any atom is 0.241 e. The topological polar surface area (TPSA) is 92.4 Å². The molecule has 17 heavy (non-hydrogen) atoms. The monoisotopic (exact) mass is 322 g/mol. The summed E-state index contributed by atoms with van der Waals surface area (Å²) in [6.45, 7) is 1.80. The molecule has 7 heteroatoms. The Hall–Kier alpha value is -0.630. The molecule has 1 aromatic carbocycles. The minimum Gasteiger partial charge on any atom is -0.399 e. The van der Waals surface area contributed by atoms with Gasteiger partial charge >= 0.3 is 0 Å². The van der Waals surface area contributed by atoms with E-state index in [1.165, 1.54) is 18.2 Å². The number of sulfonamides is 1. The third kappa shape index (κ3) is 4.27. The second kappa shape index (κ2) is 5.81. The molecule has 1 atom stereocenters. The molecule has 0 spiro atoms. The first kappa shape index (κ1) is 14.4. The smallest absolute Gasteiger partial charge is 0.241 e. The van der Waals surface area contributed by atoms with E-state index in [0.29, 0.717) is 16.6 Å². The fraction of sp³-hybridized carbons (Fsp3) is 0.400. The number of aliphatic hydroxyl groups excluding tert-OH is 1. The van der Waals surface area contributed by atoms with Crippen molar-refractivity contribution in [3.63, 3.8) is 0 Å². The van der Waals surface area contributed by atoms with Gasteiger partial charge < -0.3 is 10.8 Å². The van der Waals surface area contributed by atoms with Gasteiger partial charge in [0, 0.05) is 16.7 Å². The molecule has 96 valence electrons. The Morgan fingerprint density at radius 2 is 2.18 bits per heavy atom. The van der Waals surface area contributed by atoms with Crippen LogP contribution in [0.25, 0.3) is 0 Å². The number of hydrogen-bond acceptors (Lipinski definition) is 4. The molecule has 0 bridgehead atoms. The standard InChI is InChI=1S/C10H15BrN2O3S/c1-7(14)4-5-13-17(15,16)10-3-2-8(12)6-9(10)11/h2-3,6-7,13-14H,4-5,12H2,1H3. The summed E-state index contributed by atoms with van der Waals surface area (Å²) in [5.41, 5.74) is 6.02. The van der Waals surface area contributed by atoms with E-state index in [1.807, 2.05) is 0 Å². The van der Waals surface area contributed by atoms with Gasteiger partial charge in [-0.25, -0.2) is 13.1 Å². The van der Waals surface area contributed by atoms with Gasteiger partial charge in [0.2, 0.25) is 10.0 Å². The average molecular weight is 323 g/mol. The van der Waals surface area contributed by atoms with Crippen molar-refractivity contribution in [1.82, 2.24) is 4.72 Å². The highest BCUT2D eigenvalue weighted by Gasteiger charge is 2.17. The number of nitrogens with two attached hydrogens (primary N) is 1. The molecule has 0 saturated heterocycles. The minimum absolute atomic E-state index is 0.136. The number of nitrogen functional groups attached to an aromatic ring is 1. The summed E-state index contributed by atoms with van der Waals surface area (Å²) in [6.07, 6.45) is -0.168. The molecule has 0 radical (unpaired) electrons. The van der Waals surface area contributed by atoms with Crippen molar-refractivity contribution in [2.75, 3.05) is 12.3 Å². The van der Waals surface area contributed by atoms with Crippen molar-refractivity contribution in [2.45, 2.75) is 24.3 Å². The molecule has 1 aromatic rings.